The number of para-hydroxylation sites is 1. The molecule has 0 aliphatic heterocycles. The lowest BCUT2D eigenvalue weighted by atomic mass is 10.1. The second-order valence-corrected chi connectivity index (χ2v) is 7.12. The Balaban J connectivity index is 1.56. The lowest BCUT2D eigenvalue weighted by molar-refractivity contribution is -0.119. The minimum absolute atomic E-state index is 0.103. The molecule has 0 radical (unpaired) electrons. The van der Waals surface area contributed by atoms with Gasteiger partial charge in [0.25, 0.3) is 5.56 Å². The van der Waals surface area contributed by atoms with Crippen LogP contribution in [0.3, 0.4) is 0 Å². The molecule has 0 unspecified atom stereocenters. The third-order valence-corrected chi connectivity index (χ3v) is 5.03. The maximum absolute atomic E-state index is 13.1. The molecule has 0 aliphatic carbocycles. The molecule has 150 valence electrons. The molecule has 0 bridgehead atoms. The SMILES string of the molecule is Cc1cccc2c(=O)n(CCC(=O)N(Cc3ccccc3)c3ccccn3)cnc12. The van der Waals surface area contributed by atoms with Crippen LogP contribution in [0.2, 0.25) is 0 Å². The average molecular weight is 398 g/mol. The number of aryl methyl sites for hydroxylation is 2. The van der Waals surface area contributed by atoms with Crippen LogP contribution < -0.4 is 10.5 Å². The van der Waals surface area contributed by atoms with Gasteiger partial charge in [-0.2, -0.15) is 0 Å². The number of rotatable bonds is 6. The van der Waals surface area contributed by atoms with Crippen molar-refractivity contribution in [1.29, 1.82) is 0 Å². The maximum Gasteiger partial charge on any atom is 0.261 e. The van der Waals surface area contributed by atoms with E-state index in [0.717, 1.165) is 11.1 Å². The Morgan fingerprint density at radius 1 is 0.967 bits per heavy atom. The Labute approximate surface area is 174 Å². The van der Waals surface area contributed by atoms with Gasteiger partial charge in [-0.05, 0) is 36.2 Å². The second kappa shape index (κ2) is 8.69. The van der Waals surface area contributed by atoms with Crippen molar-refractivity contribution >= 4 is 22.6 Å². The third kappa shape index (κ3) is 4.12. The first-order valence-electron chi connectivity index (χ1n) is 9.83. The predicted octanol–water partition coefficient (Wildman–Crippen LogP) is 3.72. The zero-order valence-corrected chi connectivity index (χ0v) is 16.7. The van der Waals surface area contributed by atoms with Crippen LogP contribution in [0.5, 0.6) is 0 Å². The van der Waals surface area contributed by atoms with Gasteiger partial charge in [-0.25, -0.2) is 9.97 Å². The van der Waals surface area contributed by atoms with Gasteiger partial charge >= 0.3 is 0 Å². The highest BCUT2D eigenvalue weighted by Gasteiger charge is 2.18. The number of aromatic nitrogens is 3. The Hall–Kier alpha value is -3.80. The van der Waals surface area contributed by atoms with Crippen LogP contribution in [0.4, 0.5) is 5.82 Å². The summed E-state index contributed by atoms with van der Waals surface area (Å²) in [6.45, 7) is 2.60. The van der Waals surface area contributed by atoms with E-state index in [4.69, 9.17) is 0 Å². The largest absolute Gasteiger partial charge is 0.298 e. The Kier molecular flexibility index (Phi) is 5.66. The molecule has 30 heavy (non-hydrogen) atoms. The zero-order valence-electron chi connectivity index (χ0n) is 16.7. The van der Waals surface area contributed by atoms with Crippen molar-refractivity contribution in [2.45, 2.75) is 26.4 Å². The maximum atomic E-state index is 13.1. The summed E-state index contributed by atoms with van der Waals surface area (Å²) in [5.41, 5.74) is 2.53. The molecule has 0 fully saturated rings. The summed E-state index contributed by atoms with van der Waals surface area (Å²) in [6, 6.07) is 20.8. The van der Waals surface area contributed by atoms with E-state index in [1.165, 1.54) is 10.9 Å². The highest BCUT2D eigenvalue weighted by molar-refractivity contribution is 5.92. The van der Waals surface area contributed by atoms with Gasteiger partial charge in [0.15, 0.2) is 0 Å². The summed E-state index contributed by atoms with van der Waals surface area (Å²) in [5, 5.41) is 0.566. The van der Waals surface area contributed by atoms with Crippen molar-refractivity contribution in [2.24, 2.45) is 0 Å². The number of anilines is 1. The monoisotopic (exact) mass is 398 g/mol. The summed E-state index contributed by atoms with van der Waals surface area (Å²) in [6.07, 6.45) is 3.36. The number of carbonyl (C=O) groups excluding carboxylic acids is 1. The quantitative estimate of drug-likeness (QED) is 0.496. The van der Waals surface area contributed by atoms with E-state index in [2.05, 4.69) is 9.97 Å². The van der Waals surface area contributed by atoms with E-state index in [1.807, 2.05) is 67.6 Å². The van der Waals surface area contributed by atoms with Crippen LogP contribution in [0, 0.1) is 6.92 Å². The van der Waals surface area contributed by atoms with Crippen molar-refractivity contribution in [1.82, 2.24) is 14.5 Å². The molecule has 6 heteroatoms. The average Bonchev–Trinajstić information content (AvgIpc) is 2.78. The number of fused-ring (bicyclic) bond motifs is 1. The molecular weight excluding hydrogens is 376 g/mol. The molecule has 2 aromatic heterocycles. The van der Waals surface area contributed by atoms with Gasteiger partial charge in [0.05, 0.1) is 23.8 Å². The third-order valence-electron chi connectivity index (χ3n) is 5.03. The van der Waals surface area contributed by atoms with Crippen LogP contribution in [-0.4, -0.2) is 20.4 Å². The standard InChI is InChI=1S/C24H22N4O2/c1-18-8-7-11-20-23(18)26-17-27(24(20)30)15-13-22(29)28(21-12-5-6-14-25-21)16-19-9-3-2-4-10-19/h2-12,14,17H,13,15-16H2,1H3. The Bertz CT molecular complexity index is 1220. The molecule has 0 aliphatic rings. The molecule has 0 saturated heterocycles. The molecule has 0 N–H and O–H groups in total. The van der Waals surface area contributed by atoms with Crippen molar-refractivity contribution in [2.75, 3.05) is 4.90 Å². The fourth-order valence-electron chi connectivity index (χ4n) is 3.42. The lowest BCUT2D eigenvalue weighted by Gasteiger charge is -2.22. The molecule has 0 saturated carbocycles. The summed E-state index contributed by atoms with van der Waals surface area (Å²) in [4.78, 5) is 36.3. The Morgan fingerprint density at radius 2 is 1.77 bits per heavy atom. The summed E-state index contributed by atoms with van der Waals surface area (Å²) in [5.74, 6) is 0.486. The number of benzene rings is 2. The van der Waals surface area contributed by atoms with Crippen molar-refractivity contribution in [3.63, 3.8) is 0 Å². The highest BCUT2D eigenvalue weighted by Crippen LogP contribution is 2.16. The normalized spacial score (nSPS) is 10.8. The van der Waals surface area contributed by atoms with Gasteiger partial charge in [-0.1, -0.05) is 48.5 Å². The number of pyridine rings is 1. The smallest absolute Gasteiger partial charge is 0.261 e. The number of hydrogen-bond acceptors (Lipinski definition) is 4. The molecule has 4 aromatic rings. The molecule has 0 spiro atoms. The highest BCUT2D eigenvalue weighted by atomic mass is 16.2. The molecule has 1 amide bonds. The molecule has 0 atom stereocenters. The first kappa shape index (κ1) is 19.5. The van der Waals surface area contributed by atoms with Crippen molar-refractivity contribution in [3.8, 4) is 0 Å². The van der Waals surface area contributed by atoms with Crippen LogP contribution in [0.25, 0.3) is 10.9 Å². The topological polar surface area (TPSA) is 68.1 Å². The van der Waals surface area contributed by atoms with E-state index >= 15 is 0 Å². The van der Waals surface area contributed by atoms with E-state index in [1.54, 1.807) is 17.2 Å². The minimum atomic E-state index is -0.135. The predicted molar refractivity (Wildman–Crippen MR) is 117 cm³/mol. The van der Waals surface area contributed by atoms with E-state index in [-0.39, 0.29) is 24.4 Å². The fraction of sp³-hybridized carbons (Fsp3) is 0.167. The number of hydrogen-bond donors (Lipinski definition) is 0. The number of amides is 1. The molecule has 2 aromatic carbocycles. The number of carbonyl (C=O) groups is 1. The first-order chi connectivity index (χ1) is 14.6. The zero-order chi connectivity index (χ0) is 20.9. The van der Waals surface area contributed by atoms with Gasteiger partial charge < -0.3 is 0 Å². The molecule has 6 nitrogen and oxygen atoms in total. The molecule has 2 heterocycles. The van der Waals surface area contributed by atoms with Crippen LogP contribution >= 0.6 is 0 Å². The van der Waals surface area contributed by atoms with Crippen LogP contribution in [-0.2, 0) is 17.9 Å². The fourth-order valence-corrected chi connectivity index (χ4v) is 3.42. The van der Waals surface area contributed by atoms with Crippen LogP contribution in [0.1, 0.15) is 17.5 Å². The van der Waals surface area contributed by atoms with Gasteiger partial charge in [0.2, 0.25) is 5.91 Å². The molecular formula is C24H22N4O2. The van der Waals surface area contributed by atoms with Crippen LogP contribution in [0.15, 0.2) is 84.0 Å². The Morgan fingerprint density at radius 3 is 2.53 bits per heavy atom. The first-order valence-corrected chi connectivity index (χ1v) is 9.83. The van der Waals surface area contributed by atoms with Gasteiger partial charge in [-0.3, -0.25) is 19.1 Å². The minimum Gasteiger partial charge on any atom is -0.298 e. The van der Waals surface area contributed by atoms with E-state index in [0.29, 0.717) is 23.3 Å². The van der Waals surface area contributed by atoms with Gasteiger partial charge in [0.1, 0.15) is 5.82 Å². The van der Waals surface area contributed by atoms with Crippen molar-refractivity contribution < 1.29 is 4.79 Å². The number of nitrogens with zero attached hydrogens (tertiary/aromatic N) is 4. The van der Waals surface area contributed by atoms with E-state index in [9.17, 15) is 9.59 Å². The summed E-state index contributed by atoms with van der Waals surface area (Å²) >= 11 is 0. The van der Waals surface area contributed by atoms with Crippen molar-refractivity contribution in [3.05, 3.63) is 101 Å². The van der Waals surface area contributed by atoms with Gasteiger partial charge in [-0.15, -0.1) is 0 Å². The summed E-state index contributed by atoms with van der Waals surface area (Å²) < 4.78 is 1.50. The van der Waals surface area contributed by atoms with Gasteiger partial charge in [0, 0.05) is 19.2 Å². The molecule has 4 rings (SSSR count). The van der Waals surface area contributed by atoms with E-state index < -0.39 is 0 Å². The second-order valence-electron chi connectivity index (χ2n) is 7.12. The summed E-state index contributed by atoms with van der Waals surface area (Å²) in [7, 11) is 0. The lowest BCUT2D eigenvalue weighted by Crippen LogP contribution is -2.33.